The van der Waals surface area contributed by atoms with E-state index in [0.29, 0.717) is 5.75 Å². The van der Waals surface area contributed by atoms with Crippen LogP contribution in [0.2, 0.25) is 0 Å². The third-order valence-electron chi connectivity index (χ3n) is 3.37. The number of aryl methyl sites for hydroxylation is 2. The van der Waals surface area contributed by atoms with Crippen LogP contribution in [0.25, 0.3) is 11.1 Å². The van der Waals surface area contributed by atoms with Crippen molar-refractivity contribution in [3.8, 4) is 16.9 Å². The molecular formula is C19H20O4. The van der Waals surface area contributed by atoms with E-state index in [0.717, 1.165) is 16.7 Å². The fourth-order valence-electron chi connectivity index (χ4n) is 2.15. The maximum atomic E-state index is 11.7. The zero-order valence-electron chi connectivity index (χ0n) is 13.8. The van der Waals surface area contributed by atoms with Crippen LogP contribution in [0.15, 0.2) is 54.5 Å². The normalized spacial score (nSPS) is 11.0. The summed E-state index contributed by atoms with van der Waals surface area (Å²) in [7, 11) is 2.74. The minimum Gasteiger partial charge on any atom is -0.500 e. The van der Waals surface area contributed by atoms with E-state index in [-0.39, 0.29) is 5.76 Å². The second-order valence-corrected chi connectivity index (χ2v) is 5.16. The molecule has 120 valence electrons. The Labute approximate surface area is 136 Å². The Kier molecular flexibility index (Phi) is 5.41. The van der Waals surface area contributed by atoms with Crippen LogP contribution in [0.1, 0.15) is 11.1 Å². The number of methoxy groups -OCH3 is 2. The standard InChI is InChI=1S/C19H20O4/c1-13-6-5-7-15(10-13)16-9-8-14(2)17(11-16)23-18(12-21-3)19(20)22-4/h5-12H,1-4H3. The number of esters is 1. The van der Waals surface area contributed by atoms with E-state index < -0.39 is 5.97 Å². The largest absolute Gasteiger partial charge is 0.500 e. The lowest BCUT2D eigenvalue weighted by Gasteiger charge is -2.12. The van der Waals surface area contributed by atoms with Crippen molar-refractivity contribution in [3.05, 3.63) is 65.6 Å². The van der Waals surface area contributed by atoms with Crippen molar-refractivity contribution in [2.75, 3.05) is 14.2 Å². The quantitative estimate of drug-likeness (QED) is 0.475. The van der Waals surface area contributed by atoms with Gasteiger partial charge < -0.3 is 14.2 Å². The first-order valence-electron chi connectivity index (χ1n) is 7.22. The molecule has 0 heterocycles. The fourth-order valence-corrected chi connectivity index (χ4v) is 2.15. The van der Waals surface area contributed by atoms with Crippen LogP contribution in [-0.2, 0) is 14.3 Å². The molecule has 0 aliphatic rings. The average molecular weight is 312 g/mol. The molecule has 23 heavy (non-hydrogen) atoms. The van der Waals surface area contributed by atoms with Gasteiger partial charge in [-0.3, -0.25) is 0 Å². The highest BCUT2D eigenvalue weighted by atomic mass is 16.6. The van der Waals surface area contributed by atoms with Crippen molar-refractivity contribution in [1.82, 2.24) is 0 Å². The van der Waals surface area contributed by atoms with Gasteiger partial charge >= 0.3 is 5.97 Å². The zero-order chi connectivity index (χ0) is 16.8. The van der Waals surface area contributed by atoms with Crippen molar-refractivity contribution in [2.24, 2.45) is 0 Å². The van der Waals surface area contributed by atoms with Crippen LogP contribution in [-0.4, -0.2) is 20.2 Å². The number of rotatable bonds is 5. The molecule has 0 saturated heterocycles. The zero-order valence-corrected chi connectivity index (χ0v) is 13.8. The molecule has 0 aliphatic heterocycles. The summed E-state index contributed by atoms with van der Waals surface area (Å²) in [5, 5.41) is 0. The van der Waals surface area contributed by atoms with Gasteiger partial charge in [0.2, 0.25) is 5.76 Å². The Morgan fingerprint density at radius 2 is 1.74 bits per heavy atom. The van der Waals surface area contributed by atoms with E-state index in [1.54, 1.807) is 0 Å². The minimum absolute atomic E-state index is 0.000470. The molecule has 0 spiro atoms. The summed E-state index contributed by atoms with van der Waals surface area (Å²) in [6.07, 6.45) is 1.23. The van der Waals surface area contributed by atoms with Gasteiger partial charge in [0.15, 0.2) is 0 Å². The van der Waals surface area contributed by atoms with Gasteiger partial charge in [-0.15, -0.1) is 0 Å². The summed E-state index contributed by atoms with van der Waals surface area (Å²) in [5.74, 6) is -0.00981. The topological polar surface area (TPSA) is 44.8 Å². The Morgan fingerprint density at radius 3 is 2.39 bits per heavy atom. The molecule has 0 atom stereocenters. The Balaban J connectivity index is 2.37. The first kappa shape index (κ1) is 16.6. The van der Waals surface area contributed by atoms with Gasteiger partial charge in [0.05, 0.1) is 14.2 Å². The number of carbonyl (C=O) groups excluding carboxylic acids is 1. The maximum absolute atomic E-state index is 11.7. The van der Waals surface area contributed by atoms with Gasteiger partial charge in [-0.05, 0) is 36.6 Å². The van der Waals surface area contributed by atoms with Gasteiger partial charge in [-0.1, -0.05) is 42.0 Å². The van der Waals surface area contributed by atoms with Gasteiger partial charge in [0.1, 0.15) is 12.0 Å². The molecule has 0 amide bonds. The number of hydrogen-bond donors (Lipinski definition) is 0. The van der Waals surface area contributed by atoms with E-state index in [1.807, 2.05) is 50.2 Å². The van der Waals surface area contributed by atoms with Crippen LogP contribution in [0.4, 0.5) is 0 Å². The molecule has 4 heteroatoms. The Bertz CT molecular complexity index is 732. The second-order valence-electron chi connectivity index (χ2n) is 5.16. The summed E-state index contributed by atoms with van der Waals surface area (Å²) in [6, 6.07) is 14.1. The summed E-state index contributed by atoms with van der Waals surface area (Å²) >= 11 is 0. The van der Waals surface area contributed by atoms with Crippen LogP contribution in [0, 0.1) is 13.8 Å². The lowest BCUT2D eigenvalue weighted by molar-refractivity contribution is -0.138. The smallest absolute Gasteiger partial charge is 0.377 e. The summed E-state index contributed by atoms with van der Waals surface area (Å²) < 4.78 is 15.3. The van der Waals surface area contributed by atoms with Gasteiger partial charge in [-0.2, -0.15) is 0 Å². The van der Waals surface area contributed by atoms with E-state index in [4.69, 9.17) is 14.2 Å². The van der Waals surface area contributed by atoms with E-state index in [1.165, 1.54) is 26.0 Å². The molecule has 2 rings (SSSR count). The third-order valence-corrected chi connectivity index (χ3v) is 3.37. The molecule has 2 aromatic rings. The molecule has 0 aromatic heterocycles. The summed E-state index contributed by atoms with van der Waals surface area (Å²) in [4.78, 5) is 11.7. The maximum Gasteiger partial charge on any atom is 0.377 e. The summed E-state index contributed by atoms with van der Waals surface area (Å²) in [6.45, 7) is 3.96. The number of hydrogen-bond acceptors (Lipinski definition) is 4. The molecule has 0 radical (unpaired) electrons. The highest BCUT2D eigenvalue weighted by molar-refractivity contribution is 5.86. The van der Waals surface area contributed by atoms with Gasteiger partial charge in [0, 0.05) is 0 Å². The number of ether oxygens (including phenoxy) is 3. The van der Waals surface area contributed by atoms with Crippen molar-refractivity contribution in [1.29, 1.82) is 0 Å². The fraction of sp³-hybridized carbons (Fsp3) is 0.211. The molecular weight excluding hydrogens is 292 g/mol. The molecule has 0 saturated carbocycles. The van der Waals surface area contributed by atoms with Crippen molar-refractivity contribution in [3.63, 3.8) is 0 Å². The average Bonchev–Trinajstić information content (AvgIpc) is 2.55. The molecule has 0 bridgehead atoms. The van der Waals surface area contributed by atoms with Crippen LogP contribution in [0.5, 0.6) is 5.75 Å². The summed E-state index contributed by atoms with van der Waals surface area (Å²) in [5.41, 5.74) is 4.19. The molecule has 0 fully saturated rings. The van der Waals surface area contributed by atoms with Crippen molar-refractivity contribution in [2.45, 2.75) is 13.8 Å². The highest BCUT2D eigenvalue weighted by Gasteiger charge is 2.15. The lowest BCUT2D eigenvalue weighted by atomic mass is 10.0. The van der Waals surface area contributed by atoms with Crippen LogP contribution in [0.3, 0.4) is 0 Å². The van der Waals surface area contributed by atoms with Gasteiger partial charge in [-0.25, -0.2) is 4.79 Å². The number of carbonyl (C=O) groups is 1. The van der Waals surface area contributed by atoms with Gasteiger partial charge in [0.25, 0.3) is 0 Å². The molecule has 2 aromatic carbocycles. The van der Waals surface area contributed by atoms with Crippen molar-refractivity contribution < 1.29 is 19.0 Å². The monoisotopic (exact) mass is 312 g/mol. The first-order chi connectivity index (χ1) is 11.0. The van der Waals surface area contributed by atoms with E-state index in [2.05, 4.69) is 6.07 Å². The van der Waals surface area contributed by atoms with E-state index >= 15 is 0 Å². The van der Waals surface area contributed by atoms with Crippen LogP contribution >= 0.6 is 0 Å². The highest BCUT2D eigenvalue weighted by Crippen LogP contribution is 2.28. The Morgan fingerprint density at radius 1 is 1.00 bits per heavy atom. The van der Waals surface area contributed by atoms with Crippen LogP contribution < -0.4 is 4.74 Å². The second kappa shape index (κ2) is 7.49. The minimum atomic E-state index is -0.591. The Hall–Kier alpha value is -2.75. The van der Waals surface area contributed by atoms with E-state index in [9.17, 15) is 4.79 Å². The molecule has 4 nitrogen and oxygen atoms in total. The molecule has 0 unspecified atom stereocenters. The lowest BCUT2D eigenvalue weighted by Crippen LogP contribution is -2.11. The first-order valence-corrected chi connectivity index (χ1v) is 7.22. The predicted molar refractivity (Wildman–Crippen MR) is 89.1 cm³/mol. The predicted octanol–water partition coefficient (Wildman–Crippen LogP) is 4.01. The molecule has 0 aliphatic carbocycles. The third kappa shape index (κ3) is 4.13. The SMILES string of the molecule is COC=C(Oc1cc(-c2cccc(C)c2)ccc1C)C(=O)OC. The number of benzene rings is 2. The van der Waals surface area contributed by atoms with Crippen molar-refractivity contribution >= 4 is 5.97 Å². The molecule has 0 N–H and O–H groups in total.